The number of ether oxygens (including phenoxy) is 1. The molecule has 1 heterocycles. The highest BCUT2D eigenvalue weighted by atomic mass is 16.5. The summed E-state index contributed by atoms with van der Waals surface area (Å²) in [5.74, 6) is 0.899. The Morgan fingerprint density at radius 1 is 1.15 bits per heavy atom. The Kier molecular flexibility index (Phi) is 7.32. The van der Waals surface area contributed by atoms with Crippen molar-refractivity contribution in [3.8, 4) is 0 Å². The van der Waals surface area contributed by atoms with Gasteiger partial charge in [0.25, 0.3) is 0 Å². The minimum absolute atomic E-state index is 0.492. The molecule has 20 heavy (non-hydrogen) atoms. The first-order chi connectivity index (χ1) is 9.79. The van der Waals surface area contributed by atoms with E-state index in [2.05, 4.69) is 24.2 Å². The van der Waals surface area contributed by atoms with Gasteiger partial charge in [-0.2, -0.15) is 0 Å². The highest BCUT2D eigenvalue weighted by molar-refractivity contribution is 4.83. The molecule has 1 aliphatic heterocycles. The van der Waals surface area contributed by atoms with E-state index in [9.17, 15) is 0 Å². The summed E-state index contributed by atoms with van der Waals surface area (Å²) in [6, 6.07) is 0.786. The average Bonchev–Trinajstić information content (AvgIpc) is 2.91. The molecule has 2 aliphatic rings. The standard InChI is InChI=1S/C17H34N2O/c1-3-11-18-17-9-6-7-15(17)10-12-19(2)14-16-8-4-5-13-20-16/h15-18H,3-14H2,1-2H3. The zero-order valence-electron chi connectivity index (χ0n) is 13.6. The third kappa shape index (κ3) is 5.34. The van der Waals surface area contributed by atoms with Gasteiger partial charge >= 0.3 is 0 Å². The van der Waals surface area contributed by atoms with Crippen LogP contribution in [0.25, 0.3) is 0 Å². The Morgan fingerprint density at radius 3 is 2.80 bits per heavy atom. The molecule has 0 bridgehead atoms. The number of nitrogens with zero attached hydrogens (tertiary/aromatic N) is 1. The first kappa shape index (κ1) is 16.3. The van der Waals surface area contributed by atoms with Gasteiger partial charge in [-0.1, -0.05) is 13.3 Å². The maximum absolute atomic E-state index is 5.84. The van der Waals surface area contributed by atoms with Crippen molar-refractivity contribution in [1.82, 2.24) is 10.2 Å². The van der Waals surface area contributed by atoms with Gasteiger partial charge in [-0.25, -0.2) is 0 Å². The fourth-order valence-corrected chi connectivity index (χ4v) is 3.76. The van der Waals surface area contributed by atoms with E-state index in [1.54, 1.807) is 0 Å². The summed E-state index contributed by atoms with van der Waals surface area (Å²) in [5, 5.41) is 3.74. The molecule has 3 atom stereocenters. The van der Waals surface area contributed by atoms with Crippen LogP contribution in [-0.2, 0) is 4.74 Å². The summed E-state index contributed by atoms with van der Waals surface area (Å²) in [4.78, 5) is 2.49. The Morgan fingerprint density at radius 2 is 2.05 bits per heavy atom. The van der Waals surface area contributed by atoms with Crippen molar-refractivity contribution in [2.24, 2.45) is 5.92 Å². The largest absolute Gasteiger partial charge is 0.377 e. The van der Waals surface area contributed by atoms with Crippen molar-refractivity contribution >= 4 is 0 Å². The van der Waals surface area contributed by atoms with Crippen LogP contribution < -0.4 is 5.32 Å². The quantitative estimate of drug-likeness (QED) is 0.740. The van der Waals surface area contributed by atoms with Crippen LogP contribution in [0.3, 0.4) is 0 Å². The molecule has 0 spiro atoms. The van der Waals surface area contributed by atoms with Crippen LogP contribution in [-0.4, -0.2) is 50.3 Å². The number of hydrogen-bond acceptors (Lipinski definition) is 3. The van der Waals surface area contributed by atoms with E-state index < -0.39 is 0 Å². The van der Waals surface area contributed by atoms with Gasteiger partial charge in [0.05, 0.1) is 6.10 Å². The Bertz CT molecular complexity index is 253. The molecule has 3 heteroatoms. The van der Waals surface area contributed by atoms with Crippen LogP contribution in [0.5, 0.6) is 0 Å². The maximum Gasteiger partial charge on any atom is 0.0701 e. The van der Waals surface area contributed by atoms with E-state index in [1.165, 1.54) is 64.5 Å². The molecule has 2 rings (SSSR count). The van der Waals surface area contributed by atoms with Gasteiger partial charge in [0.15, 0.2) is 0 Å². The first-order valence-corrected chi connectivity index (χ1v) is 8.83. The van der Waals surface area contributed by atoms with Crippen LogP contribution in [0, 0.1) is 5.92 Å². The Hall–Kier alpha value is -0.120. The molecule has 3 unspecified atom stereocenters. The van der Waals surface area contributed by atoms with Crippen LogP contribution in [0.4, 0.5) is 0 Å². The molecule has 0 amide bonds. The van der Waals surface area contributed by atoms with Gasteiger partial charge in [0, 0.05) is 19.2 Å². The van der Waals surface area contributed by atoms with Crippen molar-refractivity contribution in [3.05, 3.63) is 0 Å². The molecular formula is C17H34N2O. The van der Waals surface area contributed by atoms with E-state index in [-0.39, 0.29) is 0 Å². The number of likely N-dealkylation sites (N-methyl/N-ethyl adjacent to an activating group) is 1. The molecule has 118 valence electrons. The second kappa shape index (κ2) is 9.01. The molecule has 1 saturated heterocycles. The first-order valence-electron chi connectivity index (χ1n) is 8.83. The average molecular weight is 282 g/mol. The lowest BCUT2D eigenvalue weighted by Gasteiger charge is -2.29. The Labute approximate surface area is 125 Å². The fraction of sp³-hybridized carbons (Fsp3) is 1.00. The highest BCUT2D eigenvalue weighted by Crippen LogP contribution is 2.28. The minimum Gasteiger partial charge on any atom is -0.377 e. The minimum atomic E-state index is 0.492. The molecule has 1 N–H and O–H groups in total. The molecular weight excluding hydrogens is 248 g/mol. The molecule has 1 saturated carbocycles. The fourth-order valence-electron chi connectivity index (χ4n) is 3.76. The maximum atomic E-state index is 5.84. The summed E-state index contributed by atoms with van der Waals surface area (Å²) < 4.78 is 5.84. The molecule has 1 aliphatic carbocycles. The topological polar surface area (TPSA) is 24.5 Å². The summed E-state index contributed by atoms with van der Waals surface area (Å²) in [5.41, 5.74) is 0. The SMILES string of the molecule is CCCNC1CCCC1CCN(C)CC1CCCCO1. The van der Waals surface area contributed by atoms with Gasteiger partial charge in [0.1, 0.15) is 0 Å². The zero-order chi connectivity index (χ0) is 14.2. The summed E-state index contributed by atoms with van der Waals surface area (Å²) in [6.07, 6.45) is 11.2. The van der Waals surface area contributed by atoms with E-state index in [4.69, 9.17) is 4.74 Å². The van der Waals surface area contributed by atoms with Crippen LogP contribution in [0.2, 0.25) is 0 Å². The molecule has 0 aromatic heterocycles. The summed E-state index contributed by atoms with van der Waals surface area (Å²) in [7, 11) is 2.27. The van der Waals surface area contributed by atoms with E-state index >= 15 is 0 Å². The summed E-state index contributed by atoms with van der Waals surface area (Å²) >= 11 is 0. The second-order valence-electron chi connectivity index (χ2n) is 6.79. The van der Waals surface area contributed by atoms with E-state index in [0.717, 1.165) is 25.1 Å². The highest BCUT2D eigenvalue weighted by Gasteiger charge is 2.26. The third-order valence-electron chi connectivity index (χ3n) is 4.99. The summed E-state index contributed by atoms with van der Waals surface area (Å²) in [6.45, 7) is 6.78. The van der Waals surface area contributed by atoms with Crippen LogP contribution in [0.1, 0.15) is 58.3 Å². The second-order valence-corrected chi connectivity index (χ2v) is 6.79. The molecule has 0 radical (unpaired) electrons. The van der Waals surface area contributed by atoms with Crippen molar-refractivity contribution in [2.45, 2.75) is 70.4 Å². The molecule has 0 aromatic rings. The normalized spacial score (nSPS) is 31.1. The lowest BCUT2D eigenvalue weighted by atomic mass is 9.99. The van der Waals surface area contributed by atoms with Gasteiger partial charge in [-0.3, -0.25) is 0 Å². The van der Waals surface area contributed by atoms with Gasteiger partial charge in [-0.15, -0.1) is 0 Å². The predicted molar refractivity (Wildman–Crippen MR) is 85.1 cm³/mol. The van der Waals surface area contributed by atoms with Crippen molar-refractivity contribution in [2.75, 3.05) is 33.3 Å². The third-order valence-corrected chi connectivity index (χ3v) is 4.99. The van der Waals surface area contributed by atoms with Crippen molar-refractivity contribution in [1.29, 1.82) is 0 Å². The van der Waals surface area contributed by atoms with Crippen LogP contribution in [0.15, 0.2) is 0 Å². The smallest absolute Gasteiger partial charge is 0.0701 e. The lowest BCUT2D eigenvalue weighted by molar-refractivity contribution is -0.00216. The van der Waals surface area contributed by atoms with Gasteiger partial charge < -0.3 is 15.0 Å². The molecule has 2 fully saturated rings. The Balaban J connectivity index is 1.62. The molecule has 0 aromatic carbocycles. The number of rotatable bonds is 8. The number of hydrogen-bond donors (Lipinski definition) is 1. The zero-order valence-corrected chi connectivity index (χ0v) is 13.6. The lowest BCUT2D eigenvalue weighted by Crippen LogP contribution is -2.37. The van der Waals surface area contributed by atoms with Gasteiger partial charge in [0.2, 0.25) is 0 Å². The van der Waals surface area contributed by atoms with E-state index in [0.29, 0.717) is 6.10 Å². The molecule has 3 nitrogen and oxygen atoms in total. The van der Waals surface area contributed by atoms with Crippen LogP contribution >= 0.6 is 0 Å². The van der Waals surface area contributed by atoms with E-state index in [1.807, 2.05) is 0 Å². The monoisotopic (exact) mass is 282 g/mol. The van der Waals surface area contributed by atoms with Gasteiger partial charge in [-0.05, 0) is 71.0 Å². The van der Waals surface area contributed by atoms with Crippen molar-refractivity contribution in [3.63, 3.8) is 0 Å². The van der Waals surface area contributed by atoms with Crippen molar-refractivity contribution < 1.29 is 4.74 Å². The number of nitrogens with one attached hydrogen (secondary N) is 1. The predicted octanol–water partition coefficient (Wildman–Crippen LogP) is 3.05.